The predicted molar refractivity (Wildman–Crippen MR) is 87.3 cm³/mol. The Morgan fingerprint density at radius 2 is 1.95 bits per heavy atom. The lowest BCUT2D eigenvalue weighted by Gasteiger charge is -2.34. The molecule has 1 aromatic carbocycles. The lowest BCUT2D eigenvalue weighted by molar-refractivity contribution is 0.399. The van der Waals surface area contributed by atoms with Crippen molar-refractivity contribution in [3.05, 3.63) is 35.9 Å². The van der Waals surface area contributed by atoms with Crippen LogP contribution in [0.2, 0.25) is 0 Å². The molecule has 0 aromatic heterocycles. The van der Waals surface area contributed by atoms with Gasteiger partial charge in [0.1, 0.15) is 0 Å². The second-order valence-electron chi connectivity index (χ2n) is 6.39. The summed E-state index contributed by atoms with van der Waals surface area (Å²) in [6.07, 6.45) is 4.14. The summed E-state index contributed by atoms with van der Waals surface area (Å²) in [4.78, 5) is 0. The molecule has 4 unspecified atom stereocenters. The normalized spacial score (nSPS) is 28.5. The van der Waals surface area contributed by atoms with Crippen LogP contribution in [0.1, 0.15) is 51.0 Å². The van der Waals surface area contributed by atoms with E-state index in [0.717, 1.165) is 31.4 Å². The average Bonchev–Trinajstić information content (AvgIpc) is 2.46. The molecule has 0 radical (unpaired) electrons. The van der Waals surface area contributed by atoms with Crippen LogP contribution in [0.4, 0.5) is 0 Å². The minimum Gasteiger partial charge on any atom is -0.327 e. The van der Waals surface area contributed by atoms with Crippen LogP contribution in [0.3, 0.4) is 0 Å². The van der Waals surface area contributed by atoms with Crippen molar-refractivity contribution in [2.45, 2.75) is 56.7 Å². The molecule has 1 saturated carbocycles. The molecule has 0 bridgehead atoms. The molecular formula is C17H27NOS. The van der Waals surface area contributed by atoms with Gasteiger partial charge >= 0.3 is 0 Å². The van der Waals surface area contributed by atoms with E-state index >= 15 is 0 Å². The second kappa shape index (κ2) is 7.37. The van der Waals surface area contributed by atoms with Gasteiger partial charge in [0.15, 0.2) is 0 Å². The maximum Gasteiger partial charge on any atom is 0.0504 e. The van der Waals surface area contributed by atoms with Crippen molar-refractivity contribution in [1.29, 1.82) is 0 Å². The topological polar surface area (TPSA) is 43.1 Å². The summed E-state index contributed by atoms with van der Waals surface area (Å²) >= 11 is 0. The van der Waals surface area contributed by atoms with Gasteiger partial charge < -0.3 is 5.73 Å². The summed E-state index contributed by atoms with van der Waals surface area (Å²) in [6, 6.07) is 10.7. The Balaban J connectivity index is 1.99. The Labute approximate surface area is 125 Å². The Kier molecular flexibility index (Phi) is 5.79. The lowest BCUT2D eigenvalue weighted by atomic mass is 9.82. The summed E-state index contributed by atoms with van der Waals surface area (Å²) in [5.41, 5.74) is 7.61. The van der Waals surface area contributed by atoms with Gasteiger partial charge in [-0.15, -0.1) is 0 Å². The zero-order chi connectivity index (χ0) is 14.5. The van der Waals surface area contributed by atoms with E-state index in [2.05, 4.69) is 44.2 Å². The molecule has 0 saturated heterocycles. The van der Waals surface area contributed by atoms with Gasteiger partial charge in [0, 0.05) is 22.6 Å². The molecule has 1 fully saturated rings. The van der Waals surface area contributed by atoms with Gasteiger partial charge in [-0.2, -0.15) is 0 Å². The smallest absolute Gasteiger partial charge is 0.0504 e. The van der Waals surface area contributed by atoms with E-state index in [1.165, 1.54) is 5.56 Å². The zero-order valence-corrected chi connectivity index (χ0v) is 13.4. The molecule has 0 amide bonds. The first kappa shape index (κ1) is 15.7. The van der Waals surface area contributed by atoms with Crippen LogP contribution >= 0.6 is 0 Å². The molecule has 2 N–H and O–H groups in total. The fraction of sp³-hybridized carbons (Fsp3) is 0.647. The third-order valence-corrected chi connectivity index (χ3v) is 6.20. The minimum atomic E-state index is -0.777. The average molecular weight is 293 g/mol. The van der Waals surface area contributed by atoms with Crippen molar-refractivity contribution in [1.82, 2.24) is 0 Å². The number of hydrogen-bond donors (Lipinski definition) is 1. The lowest BCUT2D eigenvalue weighted by Crippen LogP contribution is -2.43. The van der Waals surface area contributed by atoms with Crippen molar-refractivity contribution in [3.63, 3.8) is 0 Å². The molecule has 2 nitrogen and oxygen atoms in total. The molecule has 0 aliphatic heterocycles. The van der Waals surface area contributed by atoms with Crippen LogP contribution in [0, 0.1) is 5.92 Å². The highest BCUT2D eigenvalue weighted by molar-refractivity contribution is 7.85. The highest BCUT2D eigenvalue weighted by atomic mass is 32.2. The summed E-state index contributed by atoms with van der Waals surface area (Å²) in [7, 11) is -0.777. The standard InChI is InChI=1S/C17H27NOS/c1-13(2)10-11-20(19)17-12-15(8-9-16(17)18)14-6-4-3-5-7-14/h3-7,13,15-17H,8-12,18H2,1-2H3. The van der Waals surface area contributed by atoms with E-state index in [1.807, 2.05) is 0 Å². The van der Waals surface area contributed by atoms with E-state index in [4.69, 9.17) is 5.73 Å². The first-order valence-corrected chi connectivity index (χ1v) is 9.14. The van der Waals surface area contributed by atoms with Crippen LogP contribution in [-0.4, -0.2) is 21.3 Å². The van der Waals surface area contributed by atoms with Gasteiger partial charge in [0.25, 0.3) is 0 Å². The molecule has 112 valence electrons. The van der Waals surface area contributed by atoms with E-state index < -0.39 is 10.8 Å². The third-order valence-electron chi connectivity index (χ3n) is 4.35. The van der Waals surface area contributed by atoms with E-state index in [9.17, 15) is 4.21 Å². The van der Waals surface area contributed by atoms with Crippen LogP contribution in [-0.2, 0) is 10.8 Å². The summed E-state index contributed by atoms with van der Waals surface area (Å²) < 4.78 is 12.5. The van der Waals surface area contributed by atoms with Crippen molar-refractivity contribution < 1.29 is 4.21 Å². The number of nitrogens with two attached hydrogens (primary N) is 1. The molecule has 0 heterocycles. The molecule has 1 aliphatic carbocycles. The van der Waals surface area contributed by atoms with Gasteiger partial charge in [-0.3, -0.25) is 4.21 Å². The van der Waals surface area contributed by atoms with Crippen LogP contribution in [0.25, 0.3) is 0 Å². The van der Waals surface area contributed by atoms with Gasteiger partial charge in [-0.1, -0.05) is 44.2 Å². The first-order valence-electron chi connectivity index (χ1n) is 7.75. The molecule has 4 atom stereocenters. The largest absolute Gasteiger partial charge is 0.327 e. The molecule has 20 heavy (non-hydrogen) atoms. The van der Waals surface area contributed by atoms with E-state index in [0.29, 0.717) is 11.8 Å². The fourth-order valence-electron chi connectivity index (χ4n) is 2.99. The molecule has 0 spiro atoms. The van der Waals surface area contributed by atoms with Gasteiger partial charge in [0.05, 0.1) is 5.25 Å². The van der Waals surface area contributed by atoms with E-state index in [1.54, 1.807) is 0 Å². The first-order chi connectivity index (χ1) is 9.58. The predicted octanol–water partition coefficient (Wildman–Crippen LogP) is 3.44. The van der Waals surface area contributed by atoms with Crippen molar-refractivity contribution in [3.8, 4) is 0 Å². The molecule has 1 aliphatic rings. The van der Waals surface area contributed by atoms with Crippen LogP contribution in [0.5, 0.6) is 0 Å². The molecule has 2 rings (SSSR count). The number of benzene rings is 1. The minimum absolute atomic E-state index is 0.114. The Bertz CT molecular complexity index is 432. The highest BCUT2D eigenvalue weighted by Crippen LogP contribution is 2.34. The summed E-state index contributed by atoms with van der Waals surface area (Å²) in [5, 5.41) is 0.174. The van der Waals surface area contributed by atoms with E-state index in [-0.39, 0.29) is 11.3 Å². The number of rotatable bonds is 5. The summed E-state index contributed by atoms with van der Waals surface area (Å²) in [5.74, 6) is 1.95. The quantitative estimate of drug-likeness (QED) is 0.903. The highest BCUT2D eigenvalue weighted by Gasteiger charge is 2.32. The maximum atomic E-state index is 12.5. The zero-order valence-electron chi connectivity index (χ0n) is 12.6. The second-order valence-corrected chi connectivity index (χ2v) is 8.17. The Hall–Kier alpha value is -0.670. The van der Waals surface area contributed by atoms with Crippen molar-refractivity contribution >= 4 is 10.8 Å². The maximum absolute atomic E-state index is 12.5. The monoisotopic (exact) mass is 293 g/mol. The summed E-state index contributed by atoms with van der Waals surface area (Å²) in [6.45, 7) is 4.37. The van der Waals surface area contributed by atoms with Crippen molar-refractivity contribution in [2.75, 3.05) is 5.75 Å². The third kappa shape index (κ3) is 4.16. The van der Waals surface area contributed by atoms with Gasteiger partial charge in [-0.05, 0) is 43.1 Å². The Morgan fingerprint density at radius 3 is 2.60 bits per heavy atom. The van der Waals surface area contributed by atoms with Crippen LogP contribution in [0.15, 0.2) is 30.3 Å². The van der Waals surface area contributed by atoms with Crippen LogP contribution < -0.4 is 5.73 Å². The number of hydrogen-bond acceptors (Lipinski definition) is 2. The molecular weight excluding hydrogens is 266 g/mol. The fourth-order valence-corrected chi connectivity index (χ4v) is 4.97. The van der Waals surface area contributed by atoms with Gasteiger partial charge in [-0.25, -0.2) is 0 Å². The Morgan fingerprint density at radius 1 is 1.25 bits per heavy atom. The van der Waals surface area contributed by atoms with Crippen molar-refractivity contribution in [2.24, 2.45) is 11.7 Å². The molecule has 1 aromatic rings. The SMILES string of the molecule is CC(C)CCS(=O)C1CC(c2ccccc2)CCC1N. The van der Waals surface area contributed by atoms with Gasteiger partial charge in [0.2, 0.25) is 0 Å². The molecule has 3 heteroatoms.